The van der Waals surface area contributed by atoms with E-state index < -0.39 is 9.84 Å². The lowest BCUT2D eigenvalue weighted by molar-refractivity contribution is 0.503. The summed E-state index contributed by atoms with van der Waals surface area (Å²) in [5.41, 5.74) is 0. The van der Waals surface area contributed by atoms with Crippen molar-refractivity contribution in [2.75, 3.05) is 12.8 Å². The molecule has 0 radical (unpaired) electrons. The van der Waals surface area contributed by atoms with Crippen molar-refractivity contribution in [2.45, 2.75) is 53.0 Å². The summed E-state index contributed by atoms with van der Waals surface area (Å²) in [7, 11) is -2.93. The largest absolute Gasteiger partial charge is 0.311 e. The van der Waals surface area contributed by atoms with Gasteiger partial charge in [-0.2, -0.15) is 0 Å². The Kier molecular flexibility index (Phi) is 4.35. The zero-order valence-corrected chi connectivity index (χ0v) is 14.1. The summed E-state index contributed by atoms with van der Waals surface area (Å²) < 4.78 is 23.9. The molecule has 0 heterocycles. The summed E-state index contributed by atoms with van der Waals surface area (Å²) in [6.45, 7) is 0.920. The molecule has 1 N–H and O–H groups in total. The Morgan fingerprint density at radius 2 is 1.95 bits per heavy atom. The monoisotopic (exact) mass is 325 g/mol. The second kappa shape index (κ2) is 5.94. The van der Waals surface area contributed by atoms with Crippen molar-refractivity contribution in [3.63, 3.8) is 0 Å². The lowest BCUT2D eigenvalue weighted by Gasteiger charge is -2.23. The Hall–Kier alpha value is -0.520. The standard InChI is InChI=1S/C16H23NO2S2/c1-21(18,19)15-9-5-8-14(15)17-12-16(10-11-16)20-13-6-3-2-4-7-13/h2-4,6-7,14-15,17H,5,8-12H2,1H3/t14-,15+/m1/s1. The maximum atomic E-state index is 11.8. The molecule has 0 unspecified atom stereocenters. The average Bonchev–Trinajstić information content (AvgIpc) is 3.02. The van der Waals surface area contributed by atoms with Crippen LogP contribution in [0.3, 0.4) is 0 Å². The third-order valence-corrected chi connectivity index (χ3v) is 7.73. The molecule has 2 fully saturated rings. The molecular formula is C16H23NO2S2. The molecule has 3 rings (SSSR count). The number of benzene rings is 1. The molecule has 5 heteroatoms. The van der Waals surface area contributed by atoms with E-state index in [1.165, 1.54) is 24.0 Å². The van der Waals surface area contributed by atoms with E-state index in [0.717, 1.165) is 25.8 Å². The Morgan fingerprint density at radius 3 is 2.57 bits per heavy atom. The van der Waals surface area contributed by atoms with Gasteiger partial charge in [-0.1, -0.05) is 24.6 Å². The van der Waals surface area contributed by atoms with Crippen LogP contribution in [0.2, 0.25) is 0 Å². The van der Waals surface area contributed by atoms with Gasteiger partial charge >= 0.3 is 0 Å². The van der Waals surface area contributed by atoms with E-state index in [4.69, 9.17) is 0 Å². The van der Waals surface area contributed by atoms with Gasteiger partial charge in [-0.25, -0.2) is 8.42 Å². The summed E-state index contributed by atoms with van der Waals surface area (Å²) in [5.74, 6) is 0. The maximum absolute atomic E-state index is 11.8. The molecule has 0 bridgehead atoms. The molecule has 21 heavy (non-hydrogen) atoms. The molecule has 2 aliphatic carbocycles. The molecule has 1 aromatic carbocycles. The van der Waals surface area contributed by atoms with E-state index >= 15 is 0 Å². The molecule has 0 aromatic heterocycles. The van der Waals surface area contributed by atoms with Gasteiger partial charge in [0.1, 0.15) is 0 Å². The molecule has 0 saturated heterocycles. The molecule has 0 spiro atoms. The maximum Gasteiger partial charge on any atom is 0.151 e. The number of thioether (sulfide) groups is 1. The van der Waals surface area contributed by atoms with Crippen LogP contribution >= 0.6 is 11.8 Å². The molecule has 1 aromatic rings. The van der Waals surface area contributed by atoms with Gasteiger partial charge in [-0.15, -0.1) is 11.8 Å². The van der Waals surface area contributed by atoms with Gasteiger partial charge in [0.15, 0.2) is 9.84 Å². The first-order valence-corrected chi connectivity index (χ1v) is 10.4. The topological polar surface area (TPSA) is 46.2 Å². The van der Waals surface area contributed by atoms with E-state index in [2.05, 4.69) is 29.6 Å². The Balaban J connectivity index is 1.57. The highest BCUT2D eigenvalue weighted by molar-refractivity contribution is 8.01. The molecule has 0 aliphatic heterocycles. The van der Waals surface area contributed by atoms with Crippen LogP contribution in [0.1, 0.15) is 32.1 Å². The Labute approximate surface area is 131 Å². The first kappa shape index (κ1) is 15.4. The van der Waals surface area contributed by atoms with Crippen LogP contribution in [0.15, 0.2) is 35.2 Å². The summed E-state index contributed by atoms with van der Waals surface area (Å²) >= 11 is 1.94. The van der Waals surface area contributed by atoms with Crippen LogP contribution in [-0.2, 0) is 9.84 Å². The van der Waals surface area contributed by atoms with Gasteiger partial charge in [0.2, 0.25) is 0 Å². The molecule has 2 saturated carbocycles. The molecule has 2 atom stereocenters. The fourth-order valence-corrected chi connectivity index (χ4v) is 5.86. The van der Waals surface area contributed by atoms with E-state index in [9.17, 15) is 8.42 Å². The lowest BCUT2D eigenvalue weighted by Crippen LogP contribution is -2.43. The highest BCUT2D eigenvalue weighted by Crippen LogP contribution is 2.51. The second-order valence-electron chi connectivity index (χ2n) is 6.38. The number of sulfone groups is 1. The first-order chi connectivity index (χ1) is 9.99. The quantitative estimate of drug-likeness (QED) is 0.873. The van der Waals surface area contributed by atoms with E-state index in [0.29, 0.717) is 0 Å². The van der Waals surface area contributed by atoms with Gasteiger partial charge in [-0.3, -0.25) is 0 Å². The number of hydrogen-bond acceptors (Lipinski definition) is 4. The van der Waals surface area contributed by atoms with Crippen molar-refractivity contribution in [1.82, 2.24) is 5.32 Å². The fourth-order valence-electron chi connectivity index (χ4n) is 3.18. The molecule has 116 valence electrons. The SMILES string of the molecule is CS(=O)(=O)[C@H]1CCC[C@H]1NCC1(Sc2ccccc2)CC1. The van der Waals surface area contributed by atoms with Crippen LogP contribution in [0, 0.1) is 0 Å². The van der Waals surface area contributed by atoms with Crippen LogP contribution < -0.4 is 5.32 Å². The van der Waals surface area contributed by atoms with Crippen molar-refractivity contribution in [2.24, 2.45) is 0 Å². The predicted octanol–water partition coefficient (Wildman–Crippen LogP) is 2.87. The Morgan fingerprint density at radius 1 is 1.24 bits per heavy atom. The Bertz CT molecular complexity index is 582. The van der Waals surface area contributed by atoms with Crippen molar-refractivity contribution in [1.29, 1.82) is 0 Å². The number of nitrogens with one attached hydrogen (secondary N) is 1. The third-order valence-electron chi connectivity index (χ3n) is 4.57. The van der Waals surface area contributed by atoms with Gasteiger partial charge in [0.25, 0.3) is 0 Å². The fraction of sp³-hybridized carbons (Fsp3) is 0.625. The van der Waals surface area contributed by atoms with Gasteiger partial charge in [-0.05, 0) is 37.8 Å². The highest BCUT2D eigenvalue weighted by Gasteiger charge is 2.45. The van der Waals surface area contributed by atoms with Gasteiger partial charge in [0, 0.05) is 28.5 Å². The van der Waals surface area contributed by atoms with Gasteiger partial charge in [0.05, 0.1) is 5.25 Å². The van der Waals surface area contributed by atoms with Crippen molar-refractivity contribution >= 4 is 21.6 Å². The zero-order valence-electron chi connectivity index (χ0n) is 12.4. The van der Waals surface area contributed by atoms with Crippen LogP contribution in [-0.4, -0.2) is 37.3 Å². The molecular weight excluding hydrogens is 302 g/mol. The zero-order chi connectivity index (χ0) is 14.9. The van der Waals surface area contributed by atoms with Gasteiger partial charge < -0.3 is 5.32 Å². The third kappa shape index (κ3) is 3.82. The summed E-state index contributed by atoms with van der Waals surface area (Å²) in [6.07, 6.45) is 6.64. The summed E-state index contributed by atoms with van der Waals surface area (Å²) in [4.78, 5) is 1.31. The van der Waals surface area contributed by atoms with Crippen LogP contribution in [0.4, 0.5) is 0 Å². The molecule has 3 nitrogen and oxygen atoms in total. The number of hydrogen-bond donors (Lipinski definition) is 1. The second-order valence-corrected chi connectivity index (χ2v) is 10.2. The van der Waals surface area contributed by atoms with E-state index in [1.54, 1.807) is 0 Å². The number of rotatable bonds is 6. The normalized spacial score (nSPS) is 27.7. The summed E-state index contributed by atoms with van der Waals surface area (Å²) in [5, 5.41) is 3.38. The molecule has 2 aliphatic rings. The first-order valence-electron chi connectivity index (χ1n) is 7.65. The predicted molar refractivity (Wildman–Crippen MR) is 88.5 cm³/mol. The van der Waals surface area contributed by atoms with Crippen molar-refractivity contribution in [3.05, 3.63) is 30.3 Å². The van der Waals surface area contributed by atoms with E-state index in [1.807, 2.05) is 17.8 Å². The van der Waals surface area contributed by atoms with Crippen LogP contribution in [0.5, 0.6) is 0 Å². The minimum atomic E-state index is -2.93. The minimum Gasteiger partial charge on any atom is -0.311 e. The van der Waals surface area contributed by atoms with Crippen molar-refractivity contribution < 1.29 is 8.42 Å². The highest BCUT2D eigenvalue weighted by atomic mass is 32.2. The van der Waals surface area contributed by atoms with Crippen LogP contribution in [0.25, 0.3) is 0 Å². The molecule has 0 amide bonds. The minimum absolute atomic E-state index is 0.147. The average molecular weight is 325 g/mol. The lowest BCUT2D eigenvalue weighted by atomic mass is 10.2. The smallest absolute Gasteiger partial charge is 0.151 e. The van der Waals surface area contributed by atoms with E-state index in [-0.39, 0.29) is 16.0 Å². The van der Waals surface area contributed by atoms with Crippen molar-refractivity contribution in [3.8, 4) is 0 Å². The summed E-state index contributed by atoms with van der Waals surface area (Å²) in [6, 6.07) is 10.6.